The maximum atomic E-state index is 11.8. The number of benzene rings is 1. The van der Waals surface area contributed by atoms with Crippen LogP contribution in [-0.2, 0) is 9.53 Å². The Bertz CT molecular complexity index is 443. The molecule has 5 heteroatoms. The average Bonchev–Trinajstić information content (AvgIpc) is 2.46. The molecule has 1 unspecified atom stereocenters. The summed E-state index contributed by atoms with van der Waals surface area (Å²) < 4.78 is 4.63. The number of hydrogen-bond acceptors (Lipinski definition) is 4. The summed E-state index contributed by atoms with van der Waals surface area (Å²) in [5.41, 5.74) is 1.78. The van der Waals surface area contributed by atoms with Gasteiger partial charge in [0.1, 0.15) is 0 Å². The smallest absolute Gasteiger partial charge is 0.309 e. The molecule has 0 heterocycles. The number of rotatable bonds is 7. The topological polar surface area (TPSA) is 67.4 Å². The van der Waals surface area contributed by atoms with Crippen LogP contribution in [0.15, 0.2) is 24.3 Å². The van der Waals surface area contributed by atoms with Crippen molar-refractivity contribution in [1.82, 2.24) is 10.6 Å². The molecule has 110 valence electrons. The Kier molecular flexibility index (Phi) is 6.73. The second-order valence-electron chi connectivity index (χ2n) is 4.75. The molecule has 0 aliphatic heterocycles. The van der Waals surface area contributed by atoms with Crippen molar-refractivity contribution in [2.45, 2.75) is 13.8 Å². The number of ether oxygens (including phenoxy) is 1. The van der Waals surface area contributed by atoms with Crippen LogP contribution >= 0.6 is 0 Å². The predicted molar refractivity (Wildman–Crippen MR) is 77.6 cm³/mol. The van der Waals surface area contributed by atoms with E-state index in [1.165, 1.54) is 7.11 Å². The van der Waals surface area contributed by atoms with Gasteiger partial charge in [0.25, 0.3) is 5.91 Å². The van der Waals surface area contributed by atoms with E-state index in [0.29, 0.717) is 25.2 Å². The summed E-state index contributed by atoms with van der Waals surface area (Å²) in [7, 11) is 1.38. The fraction of sp³-hybridized carbons (Fsp3) is 0.467. The third-order valence-electron chi connectivity index (χ3n) is 2.96. The number of methoxy groups -OCH3 is 1. The molecule has 0 bridgehead atoms. The van der Waals surface area contributed by atoms with Gasteiger partial charge >= 0.3 is 5.97 Å². The Morgan fingerprint density at radius 1 is 1.20 bits per heavy atom. The molecule has 0 aliphatic carbocycles. The van der Waals surface area contributed by atoms with E-state index in [1.807, 2.05) is 19.1 Å². The molecular formula is C15H22N2O3. The monoisotopic (exact) mass is 278 g/mol. The summed E-state index contributed by atoms with van der Waals surface area (Å²) in [5.74, 6) is -0.512. The van der Waals surface area contributed by atoms with Gasteiger partial charge in [0.05, 0.1) is 13.0 Å². The van der Waals surface area contributed by atoms with Crippen LogP contribution in [0.2, 0.25) is 0 Å². The lowest BCUT2D eigenvalue weighted by atomic mass is 10.1. The third kappa shape index (κ3) is 5.40. The van der Waals surface area contributed by atoms with Crippen molar-refractivity contribution < 1.29 is 14.3 Å². The Morgan fingerprint density at radius 2 is 1.85 bits per heavy atom. The number of aryl methyl sites for hydroxylation is 1. The van der Waals surface area contributed by atoms with Crippen LogP contribution in [0.3, 0.4) is 0 Å². The van der Waals surface area contributed by atoms with E-state index in [2.05, 4.69) is 15.4 Å². The molecule has 0 spiro atoms. The normalized spacial score (nSPS) is 11.8. The summed E-state index contributed by atoms with van der Waals surface area (Å²) >= 11 is 0. The van der Waals surface area contributed by atoms with Crippen LogP contribution in [0.1, 0.15) is 22.8 Å². The minimum Gasteiger partial charge on any atom is -0.469 e. The first-order chi connectivity index (χ1) is 9.54. The summed E-state index contributed by atoms with van der Waals surface area (Å²) in [6.45, 7) is 5.43. The summed E-state index contributed by atoms with van der Waals surface area (Å²) in [6, 6.07) is 7.42. The first kappa shape index (κ1) is 16.2. The molecule has 1 rings (SSSR count). The van der Waals surface area contributed by atoms with Crippen molar-refractivity contribution in [2.24, 2.45) is 5.92 Å². The molecule has 0 fully saturated rings. The van der Waals surface area contributed by atoms with Gasteiger partial charge in [-0.2, -0.15) is 0 Å². The highest BCUT2D eigenvalue weighted by molar-refractivity contribution is 5.94. The zero-order valence-corrected chi connectivity index (χ0v) is 12.2. The summed E-state index contributed by atoms with van der Waals surface area (Å²) in [5, 5.41) is 5.92. The largest absolute Gasteiger partial charge is 0.469 e. The molecule has 1 amide bonds. The number of carbonyl (C=O) groups excluding carboxylic acids is 2. The Labute approximate surface area is 119 Å². The molecular weight excluding hydrogens is 256 g/mol. The van der Waals surface area contributed by atoms with Crippen molar-refractivity contribution in [2.75, 3.05) is 26.7 Å². The summed E-state index contributed by atoms with van der Waals surface area (Å²) in [6.07, 6.45) is 0. The van der Waals surface area contributed by atoms with E-state index in [0.717, 1.165) is 5.56 Å². The first-order valence-corrected chi connectivity index (χ1v) is 6.68. The van der Waals surface area contributed by atoms with E-state index in [-0.39, 0.29) is 17.8 Å². The van der Waals surface area contributed by atoms with Crippen molar-refractivity contribution >= 4 is 11.9 Å². The van der Waals surface area contributed by atoms with E-state index >= 15 is 0 Å². The lowest BCUT2D eigenvalue weighted by molar-refractivity contribution is -0.144. The number of hydrogen-bond donors (Lipinski definition) is 2. The van der Waals surface area contributed by atoms with Crippen LogP contribution < -0.4 is 10.6 Å². The molecule has 0 radical (unpaired) electrons. The molecule has 0 aliphatic rings. The molecule has 0 saturated carbocycles. The second-order valence-corrected chi connectivity index (χ2v) is 4.75. The maximum absolute atomic E-state index is 11.8. The van der Waals surface area contributed by atoms with Gasteiger partial charge in [-0.25, -0.2) is 0 Å². The van der Waals surface area contributed by atoms with E-state index < -0.39 is 0 Å². The second kappa shape index (κ2) is 8.32. The van der Waals surface area contributed by atoms with Gasteiger partial charge < -0.3 is 15.4 Å². The van der Waals surface area contributed by atoms with Gasteiger partial charge in [-0.3, -0.25) is 9.59 Å². The van der Waals surface area contributed by atoms with Crippen molar-refractivity contribution in [1.29, 1.82) is 0 Å². The number of amides is 1. The van der Waals surface area contributed by atoms with Gasteiger partial charge in [-0.15, -0.1) is 0 Å². The zero-order valence-electron chi connectivity index (χ0n) is 12.2. The molecule has 5 nitrogen and oxygen atoms in total. The minimum absolute atomic E-state index is 0.0900. The molecule has 20 heavy (non-hydrogen) atoms. The number of nitrogens with one attached hydrogen (secondary N) is 2. The van der Waals surface area contributed by atoms with Crippen molar-refractivity contribution in [3.63, 3.8) is 0 Å². The molecule has 2 N–H and O–H groups in total. The molecule has 0 saturated heterocycles. The Balaban J connectivity index is 2.19. The van der Waals surface area contributed by atoms with Gasteiger partial charge in [0.2, 0.25) is 0 Å². The third-order valence-corrected chi connectivity index (χ3v) is 2.96. The highest BCUT2D eigenvalue weighted by Gasteiger charge is 2.11. The maximum Gasteiger partial charge on any atom is 0.309 e. The molecule has 0 aromatic heterocycles. The van der Waals surface area contributed by atoms with Crippen molar-refractivity contribution in [3.8, 4) is 0 Å². The first-order valence-electron chi connectivity index (χ1n) is 6.68. The van der Waals surface area contributed by atoms with Crippen LogP contribution in [0.4, 0.5) is 0 Å². The van der Waals surface area contributed by atoms with Gasteiger partial charge in [0.15, 0.2) is 0 Å². The van der Waals surface area contributed by atoms with Crippen LogP contribution in [0.25, 0.3) is 0 Å². The van der Waals surface area contributed by atoms with Gasteiger partial charge in [-0.1, -0.05) is 24.6 Å². The lowest BCUT2D eigenvalue weighted by Crippen LogP contribution is -2.35. The summed E-state index contributed by atoms with van der Waals surface area (Å²) in [4.78, 5) is 23.0. The molecule has 1 atom stereocenters. The number of esters is 1. The van der Waals surface area contributed by atoms with E-state index in [1.54, 1.807) is 19.1 Å². The zero-order chi connectivity index (χ0) is 15.0. The lowest BCUT2D eigenvalue weighted by Gasteiger charge is -2.11. The SMILES string of the molecule is COC(=O)C(C)CNCCNC(=O)c1ccc(C)cc1. The van der Waals surface area contributed by atoms with Crippen LogP contribution in [-0.4, -0.2) is 38.6 Å². The van der Waals surface area contributed by atoms with Gasteiger partial charge in [-0.05, 0) is 19.1 Å². The fourth-order valence-electron chi connectivity index (χ4n) is 1.67. The molecule has 1 aromatic carbocycles. The van der Waals surface area contributed by atoms with Crippen LogP contribution in [0.5, 0.6) is 0 Å². The minimum atomic E-state index is -0.235. The van der Waals surface area contributed by atoms with Crippen molar-refractivity contribution in [3.05, 3.63) is 35.4 Å². The predicted octanol–water partition coefficient (Wildman–Crippen LogP) is 1.12. The highest BCUT2D eigenvalue weighted by atomic mass is 16.5. The van der Waals surface area contributed by atoms with Gasteiger partial charge in [0, 0.05) is 25.2 Å². The average molecular weight is 278 g/mol. The Morgan fingerprint density at radius 3 is 2.45 bits per heavy atom. The quantitative estimate of drug-likeness (QED) is 0.579. The Hall–Kier alpha value is -1.88. The number of carbonyl (C=O) groups is 2. The molecule has 1 aromatic rings. The standard InChI is InChI=1S/C15H22N2O3/c1-11-4-6-13(7-5-11)14(18)17-9-8-16-10-12(2)15(19)20-3/h4-7,12,16H,8-10H2,1-3H3,(H,17,18). The highest BCUT2D eigenvalue weighted by Crippen LogP contribution is 2.02. The van der Waals surface area contributed by atoms with E-state index in [9.17, 15) is 9.59 Å². The van der Waals surface area contributed by atoms with Crippen LogP contribution in [0, 0.1) is 12.8 Å². The fourth-order valence-corrected chi connectivity index (χ4v) is 1.67. The van der Waals surface area contributed by atoms with E-state index in [4.69, 9.17) is 0 Å².